The molecule has 0 amide bonds. The fourth-order valence-electron chi connectivity index (χ4n) is 1.70. The molecule has 3 N–H and O–H groups in total. The van der Waals surface area contributed by atoms with Gasteiger partial charge in [0.05, 0.1) is 15.1 Å². The van der Waals surface area contributed by atoms with Crippen LogP contribution < -0.4 is 10.5 Å². The first-order valence-corrected chi connectivity index (χ1v) is 8.01. The predicted molar refractivity (Wildman–Crippen MR) is 80.5 cm³/mol. The predicted octanol–water partition coefficient (Wildman–Crippen LogP) is 3.42. The minimum Gasteiger partial charge on any atom is -0.399 e. The van der Waals surface area contributed by atoms with Gasteiger partial charge in [0.1, 0.15) is 11.6 Å². The van der Waals surface area contributed by atoms with Crippen molar-refractivity contribution in [3.05, 3.63) is 52.0 Å². The molecule has 0 heterocycles. The number of rotatable bonds is 3. The zero-order chi connectivity index (χ0) is 15.8. The smallest absolute Gasteiger partial charge is 0.262 e. The Balaban J connectivity index is 2.44. The van der Waals surface area contributed by atoms with Gasteiger partial charge in [0.25, 0.3) is 10.0 Å². The number of nitrogens with two attached hydrogens (primary N) is 1. The van der Waals surface area contributed by atoms with Crippen molar-refractivity contribution < 1.29 is 17.2 Å². The van der Waals surface area contributed by atoms with Crippen LogP contribution >= 0.6 is 15.9 Å². The lowest BCUT2D eigenvalue weighted by Crippen LogP contribution is -2.14. The average Bonchev–Trinajstić information content (AvgIpc) is 2.34. The molecule has 2 aromatic rings. The Labute approximate surface area is 129 Å². The van der Waals surface area contributed by atoms with Crippen molar-refractivity contribution in [2.75, 3.05) is 10.5 Å². The molecule has 0 atom stereocenters. The first kappa shape index (κ1) is 15.7. The lowest BCUT2D eigenvalue weighted by molar-refractivity contribution is 0.595. The fourth-order valence-corrected chi connectivity index (χ4v) is 3.23. The van der Waals surface area contributed by atoms with Crippen LogP contribution in [0.25, 0.3) is 0 Å². The summed E-state index contributed by atoms with van der Waals surface area (Å²) in [6.45, 7) is 1.55. The number of sulfonamides is 1. The molecule has 112 valence electrons. The molecule has 21 heavy (non-hydrogen) atoms. The van der Waals surface area contributed by atoms with Crippen LogP contribution in [0.5, 0.6) is 0 Å². The van der Waals surface area contributed by atoms with Gasteiger partial charge in [-0.25, -0.2) is 17.2 Å². The summed E-state index contributed by atoms with van der Waals surface area (Å²) in [5, 5.41) is 0. The molecule has 0 bridgehead atoms. The number of halogens is 3. The summed E-state index contributed by atoms with van der Waals surface area (Å²) >= 11 is 2.98. The number of benzene rings is 2. The van der Waals surface area contributed by atoms with Gasteiger partial charge < -0.3 is 5.73 Å². The van der Waals surface area contributed by atoms with E-state index in [1.807, 2.05) is 0 Å². The van der Waals surface area contributed by atoms with E-state index in [4.69, 9.17) is 5.73 Å². The molecule has 0 spiro atoms. The maximum atomic E-state index is 13.3. The number of nitrogen functional groups attached to an aromatic ring is 1. The van der Waals surface area contributed by atoms with Crippen LogP contribution in [0.15, 0.2) is 39.7 Å². The first-order valence-electron chi connectivity index (χ1n) is 5.73. The summed E-state index contributed by atoms with van der Waals surface area (Å²) in [5.41, 5.74) is 6.01. The lowest BCUT2D eigenvalue weighted by atomic mass is 10.2. The van der Waals surface area contributed by atoms with Gasteiger partial charge in [-0.05, 0) is 58.7 Å². The number of hydrogen-bond acceptors (Lipinski definition) is 3. The molecule has 0 saturated heterocycles. The summed E-state index contributed by atoms with van der Waals surface area (Å²) in [5.74, 6) is -1.27. The molecule has 0 unspecified atom stereocenters. The Kier molecular flexibility index (Phi) is 4.20. The molecule has 0 aliphatic carbocycles. The summed E-state index contributed by atoms with van der Waals surface area (Å²) in [6, 6.07) is 5.48. The van der Waals surface area contributed by atoms with Crippen LogP contribution in [0.4, 0.5) is 20.2 Å². The third-order valence-electron chi connectivity index (χ3n) is 2.72. The molecule has 2 rings (SSSR count). The summed E-state index contributed by atoms with van der Waals surface area (Å²) < 4.78 is 53.4. The molecular formula is C13H11BrF2N2O2S. The summed E-state index contributed by atoms with van der Waals surface area (Å²) in [4.78, 5) is -0.306. The van der Waals surface area contributed by atoms with Crippen LogP contribution in [0.3, 0.4) is 0 Å². The summed E-state index contributed by atoms with van der Waals surface area (Å²) in [7, 11) is -4.02. The maximum absolute atomic E-state index is 13.3. The van der Waals surface area contributed by atoms with Gasteiger partial charge in [0.2, 0.25) is 0 Å². The van der Waals surface area contributed by atoms with Crippen molar-refractivity contribution in [2.45, 2.75) is 11.8 Å². The van der Waals surface area contributed by atoms with Crippen LogP contribution in [0.2, 0.25) is 0 Å². The standard InChI is InChI=1S/C13H11BrF2N2O2S/c1-7-2-12(16)11(14)6-13(7)18-21(19,20)10-4-8(15)3-9(17)5-10/h2-6,18H,17H2,1H3. The van der Waals surface area contributed by atoms with Gasteiger partial charge in [-0.2, -0.15) is 0 Å². The highest BCUT2D eigenvalue weighted by Crippen LogP contribution is 2.27. The fraction of sp³-hybridized carbons (Fsp3) is 0.0769. The van der Waals surface area contributed by atoms with Crippen LogP contribution in [-0.4, -0.2) is 8.42 Å². The minimum absolute atomic E-state index is 0.00705. The largest absolute Gasteiger partial charge is 0.399 e. The van der Waals surface area contributed by atoms with Crippen molar-refractivity contribution >= 4 is 37.3 Å². The second-order valence-corrected chi connectivity index (χ2v) is 6.94. The van der Waals surface area contributed by atoms with Gasteiger partial charge in [-0.3, -0.25) is 4.72 Å². The van der Waals surface area contributed by atoms with E-state index in [-0.39, 0.29) is 20.7 Å². The number of nitrogens with one attached hydrogen (secondary N) is 1. The zero-order valence-corrected chi connectivity index (χ0v) is 13.2. The molecule has 8 heteroatoms. The Morgan fingerprint density at radius 2 is 1.81 bits per heavy atom. The molecule has 0 aromatic heterocycles. The zero-order valence-electron chi connectivity index (χ0n) is 10.8. The van der Waals surface area contributed by atoms with Gasteiger partial charge in [-0.15, -0.1) is 0 Å². The third-order valence-corrected chi connectivity index (χ3v) is 4.67. The molecule has 0 aliphatic heterocycles. The molecular weight excluding hydrogens is 366 g/mol. The Hall–Kier alpha value is -1.67. The molecule has 0 fully saturated rings. The lowest BCUT2D eigenvalue weighted by Gasteiger charge is -2.12. The van der Waals surface area contributed by atoms with Crippen LogP contribution in [0.1, 0.15) is 5.56 Å². The molecule has 0 saturated carbocycles. The van der Waals surface area contributed by atoms with Crippen molar-refractivity contribution in [3.63, 3.8) is 0 Å². The van der Waals surface area contributed by atoms with Crippen molar-refractivity contribution in [3.8, 4) is 0 Å². The van der Waals surface area contributed by atoms with Gasteiger partial charge >= 0.3 is 0 Å². The molecule has 0 radical (unpaired) electrons. The maximum Gasteiger partial charge on any atom is 0.262 e. The molecule has 0 aliphatic rings. The third kappa shape index (κ3) is 3.51. The minimum atomic E-state index is -4.02. The highest BCUT2D eigenvalue weighted by molar-refractivity contribution is 9.10. The normalized spacial score (nSPS) is 11.4. The summed E-state index contributed by atoms with van der Waals surface area (Å²) in [6.07, 6.45) is 0. The SMILES string of the molecule is Cc1cc(F)c(Br)cc1NS(=O)(=O)c1cc(N)cc(F)c1. The van der Waals surface area contributed by atoms with E-state index in [0.717, 1.165) is 18.2 Å². The van der Waals surface area contributed by atoms with Crippen molar-refractivity contribution in [1.29, 1.82) is 0 Å². The second kappa shape index (κ2) is 5.61. The average molecular weight is 377 g/mol. The van der Waals surface area contributed by atoms with Crippen molar-refractivity contribution in [2.24, 2.45) is 0 Å². The van der Waals surface area contributed by atoms with E-state index in [1.54, 1.807) is 6.92 Å². The highest BCUT2D eigenvalue weighted by Gasteiger charge is 2.18. The molecule has 4 nitrogen and oxygen atoms in total. The number of aryl methyl sites for hydroxylation is 1. The van der Waals surface area contributed by atoms with Gasteiger partial charge in [-0.1, -0.05) is 0 Å². The van der Waals surface area contributed by atoms with Gasteiger partial charge in [0, 0.05) is 5.69 Å². The molecule has 2 aromatic carbocycles. The van der Waals surface area contributed by atoms with Crippen LogP contribution in [-0.2, 0) is 10.0 Å². The van der Waals surface area contributed by atoms with Crippen molar-refractivity contribution in [1.82, 2.24) is 0 Å². The Morgan fingerprint density at radius 1 is 1.14 bits per heavy atom. The van der Waals surface area contributed by atoms with Gasteiger partial charge in [0.15, 0.2) is 0 Å². The van der Waals surface area contributed by atoms with E-state index < -0.39 is 21.7 Å². The first-order chi connectivity index (χ1) is 9.69. The number of anilines is 2. The quantitative estimate of drug-likeness (QED) is 0.806. The second-order valence-electron chi connectivity index (χ2n) is 4.41. The Morgan fingerprint density at radius 3 is 2.43 bits per heavy atom. The Bertz CT molecular complexity index is 790. The van der Waals surface area contributed by atoms with E-state index in [2.05, 4.69) is 20.7 Å². The van der Waals surface area contributed by atoms with E-state index >= 15 is 0 Å². The topological polar surface area (TPSA) is 72.2 Å². The van der Waals surface area contributed by atoms with E-state index in [1.165, 1.54) is 12.1 Å². The monoisotopic (exact) mass is 376 g/mol. The highest BCUT2D eigenvalue weighted by atomic mass is 79.9. The van der Waals surface area contributed by atoms with E-state index in [9.17, 15) is 17.2 Å². The number of hydrogen-bond donors (Lipinski definition) is 2. The van der Waals surface area contributed by atoms with E-state index in [0.29, 0.717) is 5.56 Å². The van der Waals surface area contributed by atoms with Crippen LogP contribution in [0, 0.1) is 18.6 Å².